The Balaban J connectivity index is 1.53. The second-order valence-electron chi connectivity index (χ2n) is 7.09. The fourth-order valence-electron chi connectivity index (χ4n) is 3.70. The van der Waals surface area contributed by atoms with Crippen LogP contribution in [0.2, 0.25) is 0 Å². The number of aryl methyl sites for hydroxylation is 2. The third-order valence-electron chi connectivity index (χ3n) is 5.16. The van der Waals surface area contributed by atoms with Crippen molar-refractivity contribution in [3.8, 4) is 17.1 Å². The average molecular weight is 405 g/mol. The predicted octanol–water partition coefficient (Wildman–Crippen LogP) is 4.21. The lowest BCUT2D eigenvalue weighted by Crippen LogP contribution is -2.14. The Hall–Kier alpha value is -3.81. The molecule has 1 aliphatic heterocycles. The van der Waals surface area contributed by atoms with E-state index in [1.54, 1.807) is 17.1 Å². The molecular weight excluding hydrogens is 388 g/mol. The summed E-state index contributed by atoms with van der Waals surface area (Å²) >= 11 is 0. The number of imidazole rings is 1. The van der Waals surface area contributed by atoms with Gasteiger partial charge in [-0.05, 0) is 48.7 Å². The summed E-state index contributed by atoms with van der Waals surface area (Å²) < 4.78 is 31.5. The fourth-order valence-corrected chi connectivity index (χ4v) is 3.70. The number of anilines is 1. The number of benzene rings is 2. The van der Waals surface area contributed by atoms with Crippen LogP contribution in [-0.4, -0.2) is 25.2 Å². The van der Waals surface area contributed by atoms with Gasteiger partial charge in [-0.15, -0.1) is 0 Å². The van der Waals surface area contributed by atoms with E-state index < -0.39 is 23.2 Å². The molecule has 0 saturated heterocycles. The van der Waals surface area contributed by atoms with E-state index in [0.717, 1.165) is 41.8 Å². The highest BCUT2D eigenvalue weighted by atomic mass is 19.1. The molecule has 0 spiro atoms. The van der Waals surface area contributed by atoms with Crippen LogP contribution >= 0.6 is 0 Å². The van der Waals surface area contributed by atoms with Crippen LogP contribution in [0.15, 0.2) is 61.1 Å². The molecule has 0 saturated carbocycles. The van der Waals surface area contributed by atoms with Crippen LogP contribution in [0.1, 0.15) is 22.5 Å². The number of fused-ring (bicyclic) bond motifs is 3. The van der Waals surface area contributed by atoms with E-state index in [9.17, 15) is 13.6 Å². The molecule has 0 bridgehead atoms. The summed E-state index contributed by atoms with van der Waals surface area (Å²) in [4.78, 5) is 17.2. The van der Waals surface area contributed by atoms with Crippen molar-refractivity contribution >= 4 is 11.6 Å². The minimum Gasteiger partial charge on any atom is -0.330 e. The number of nitrogens with one attached hydrogen (secondary N) is 1. The van der Waals surface area contributed by atoms with Gasteiger partial charge in [0.1, 0.15) is 28.8 Å². The van der Waals surface area contributed by atoms with Gasteiger partial charge in [0.15, 0.2) is 0 Å². The van der Waals surface area contributed by atoms with Gasteiger partial charge < -0.3 is 9.88 Å². The van der Waals surface area contributed by atoms with Crippen LogP contribution in [-0.2, 0) is 13.0 Å². The third-order valence-corrected chi connectivity index (χ3v) is 5.16. The molecule has 0 unspecified atom stereocenters. The van der Waals surface area contributed by atoms with Crippen molar-refractivity contribution in [2.75, 3.05) is 5.32 Å². The summed E-state index contributed by atoms with van der Waals surface area (Å²) in [6, 6.07) is 11.3. The van der Waals surface area contributed by atoms with Crippen molar-refractivity contribution in [3.63, 3.8) is 0 Å². The van der Waals surface area contributed by atoms with Crippen molar-refractivity contribution < 1.29 is 13.6 Å². The number of nitrogens with zero attached hydrogens (tertiary/aromatic N) is 4. The first kappa shape index (κ1) is 18.2. The molecule has 6 nitrogen and oxygen atoms in total. The first-order valence-electron chi connectivity index (χ1n) is 9.56. The van der Waals surface area contributed by atoms with Gasteiger partial charge in [-0.25, -0.2) is 18.4 Å². The Morgan fingerprint density at radius 3 is 2.70 bits per heavy atom. The van der Waals surface area contributed by atoms with Crippen molar-refractivity contribution in [2.24, 2.45) is 0 Å². The van der Waals surface area contributed by atoms with Gasteiger partial charge in [0.2, 0.25) is 0 Å². The number of para-hydroxylation sites is 1. The van der Waals surface area contributed by atoms with Crippen molar-refractivity contribution in [2.45, 2.75) is 19.4 Å². The Labute approximate surface area is 170 Å². The number of hydrogen-bond donors (Lipinski definition) is 1. The summed E-state index contributed by atoms with van der Waals surface area (Å²) in [6.07, 6.45) is 6.96. The van der Waals surface area contributed by atoms with Crippen LogP contribution in [0.3, 0.4) is 0 Å². The zero-order chi connectivity index (χ0) is 20.7. The van der Waals surface area contributed by atoms with Gasteiger partial charge in [0.05, 0.1) is 5.69 Å². The predicted molar refractivity (Wildman–Crippen MR) is 107 cm³/mol. The van der Waals surface area contributed by atoms with E-state index in [0.29, 0.717) is 12.4 Å². The summed E-state index contributed by atoms with van der Waals surface area (Å²) in [7, 11) is 0. The summed E-state index contributed by atoms with van der Waals surface area (Å²) in [6.45, 7) is 0.690. The van der Waals surface area contributed by atoms with Crippen molar-refractivity contribution in [1.82, 2.24) is 19.3 Å². The van der Waals surface area contributed by atoms with Crippen molar-refractivity contribution in [3.05, 3.63) is 83.9 Å². The molecule has 0 atom stereocenters. The largest absolute Gasteiger partial charge is 0.330 e. The number of carbonyl (C=O) groups is 1. The van der Waals surface area contributed by atoms with Gasteiger partial charge in [0, 0.05) is 30.7 Å². The maximum absolute atomic E-state index is 13.9. The molecule has 0 radical (unpaired) electrons. The van der Waals surface area contributed by atoms with E-state index >= 15 is 0 Å². The second-order valence-corrected chi connectivity index (χ2v) is 7.09. The van der Waals surface area contributed by atoms with Gasteiger partial charge in [0.25, 0.3) is 5.91 Å². The molecular formula is C22H17F2N5O. The molecule has 0 fully saturated rings. The molecule has 1 N–H and O–H groups in total. The minimum atomic E-state index is -0.835. The Morgan fingerprint density at radius 1 is 1.10 bits per heavy atom. The van der Waals surface area contributed by atoms with Gasteiger partial charge in [-0.2, -0.15) is 5.10 Å². The molecule has 0 aliphatic carbocycles. The lowest BCUT2D eigenvalue weighted by molar-refractivity contribution is 0.102. The van der Waals surface area contributed by atoms with E-state index in [4.69, 9.17) is 0 Å². The highest BCUT2D eigenvalue weighted by Gasteiger charge is 2.22. The van der Waals surface area contributed by atoms with Crippen molar-refractivity contribution in [1.29, 1.82) is 0 Å². The third kappa shape index (κ3) is 3.16. The number of halogens is 2. The molecule has 3 heterocycles. The van der Waals surface area contributed by atoms with Gasteiger partial charge in [-0.3, -0.25) is 4.79 Å². The number of amides is 1. The Bertz CT molecular complexity index is 1230. The highest BCUT2D eigenvalue weighted by Crippen LogP contribution is 2.30. The quantitative estimate of drug-likeness (QED) is 0.555. The zero-order valence-corrected chi connectivity index (χ0v) is 15.8. The SMILES string of the molecule is O=C(Nc1c(F)cccc1F)c1cn2c(n1)-c1cc(-n3cccn3)ccc1CCC2. The number of hydrogen-bond acceptors (Lipinski definition) is 3. The lowest BCUT2D eigenvalue weighted by Gasteiger charge is -2.09. The monoisotopic (exact) mass is 405 g/mol. The zero-order valence-electron chi connectivity index (χ0n) is 15.8. The fraction of sp³-hybridized carbons (Fsp3) is 0.136. The van der Waals surface area contributed by atoms with E-state index in [-0.39, 0.29) is 5.69 Å². The smallest absolute Gasteiger partial charge is 0.276 e. The van der Waals surface area contributed by atoms with Crippen LogP contribution in [0, 0.1) is 11.6 Å². The summed E-state index contributed by atoms with van der Waals surface area (Å²) in [5, 5.41) is 6.56. The molecule has 1 amide bonds. The number of aromatic nitrogens is 4. The normalized spacial score (nSPS) is 12.7. The molecule has 8 heteroatoms. The standard InChI is InChI=1S/C22H17F2N5O/c23-17-5-1-6-18(24)20(17)27-22(30)19-13-28-10-2-4-14-7-8-15(29-11-3-9-25-29)12-16(14)21(28)26-19/h1,3,5-9,11-13H,2,4,10H2,(H,27,30). The van der Waals surface area contributed by atoms with E-state index in [1.165, 1.54) is 6.07 Å². The van der Waals surface area contributed by atoms with Gasteiger partial charge >= 0.3 is 0 Å². The molecule has 150 valence electrons. The lowest BCUT2D eigenvalue weighted by atomic mass is 10.0. The maximum Gasteiger partial charge on any atom is 0.276 e. The topological polar surface area (TPSA) is 64.7 Å². The van der Waals surface area contributed by atoms with Gasteiger partial charge in [-0.1, -0.05) is 12.1 Å². The first-order chi connectivity index (χ1) is 14.6. The number of rotatable bonds is 3. The molecule has 30 heavy (non-hydrogen) atoms. The summed E-state index contributed by atoms with van der Waals surface area (Å²) in [5.74, 6) is -1.68. The molecule has 2 aromatic carbocycles. The summed E-state index contributed by atoms with van der Waals surface area (Å²) in [5.41, 5.74) is 2.55. The Kier molecular flexibility index (Phi) is 4.39. The van der Waals surface area contributed by atoms with E-state index in [1.807, 2.05) is 35.0 Å². The van der Waals surface area contributed by atoms with Crippen LogP contribution in [0.4, 0.5) is 14.5 Å². The molecule has 1 aliphatic rings. The minimum absolute atomic E-state index is 0.102. The Morgan fingerprint density at radius 2 is 1.93 bits per heavy atom. The van der Waals surface area contributed by atoms with Crippen LogP contribution < -0.4 is 5.32 Å². The average Bonchev–Trinajstić information content (AvgIpc) is 3.39. The maximum atomic E-state index is 13.9. The molecule has 4 aromatic rings. The van der Waals surface area contributed by atoms with Crippen LogP contribution in [0.25, 0.3) is 17.1 Å². The molecule has 2 aromatic heterocycles. The van der Waals surface area contributed by atoms with E-state index in [2.05, 4.69) is 15.4 Å². The van der Waals surface area contributed by atoms with Crippen LogP contribution in [0.5, 0.6) is 0 Å². The highest BCUT2D eigenvalue weighted by molar-refractivity contribution is 6.03. The second kappa shape index (κ2) is 7.22. The molecule has 5 rings (SSSR count). The first-order valence-corrected chi connectivity index (χ1v) is 9.56. The number of carbonyl (C=O) groups excluding carboxylic acids is 1.